The summed E-state index contributed by atoms with van der Waals surface area (Å²) in [7, 11) is 0. The number of hydrogen-bond donors (Lipinski definition) is 1. The fraction of sp³-hybridized carbons (Fsp3) is 0. The number of benzene rings is 2. The lowest BCUT2D eigenvalue weighted by molar-refractivity contribution is 0.102. The molecule has 5 nitrogen and oxygen atoms in total. The van der Waals surface area contributed by atoms with Gasteiger partial charge in [-0.3, -0.25) is 4.79 Å². The summed E-state index contributed by atoms with van der Waals surface area (Å²) in [5.41, 5.74) is 2.73. The van der Waals surface area contributed by atoms with E-state index in [0.717, 1.165) is 5.56 Å². The average Bonchev–Trinajstić information content (AvgIpc) is 3.08. The summed E-state index contributed by atoms with van der Waals surface area (Å²) in [5.74, 6) is 0.0736. The number of carbonyl (C=O) groups excluding carboxylic acids is 1. The van der Waals surface area contributed by atoms with Crippen molar-refractivity contribution < 1.29 is 9.21 Å². The first-order chi connectivity index (χ1) is 12.6. The van der Waals surface area contributed by atoms with Gasteiger partial charge in [-0.25, -0.2) is 4.98 Å². The van der Waals surface area contributed by atoms with Crippen LogP contribution in [0.2, 0.25) is 10.0 Å². The third-order valence-corrected chi connectivity index (χ3v) is 4.55. The summed E-state index contributed by atoms with van der Waals surface area (Å²) < 4.78 is 5.71. The molecule has 0 bridgehead atoms. The van der Waals surface area contributed by atoms with E-state index in [1.807, 2.05) is 6.07 Å². The fourth-order valence-corrected chi connectivity index (χ4v) is 2.89. The van der Waals surface area contributed by atoms with Gasteiger partial charge in [-0.1, -0.05) is 35.3 Å². The first-order valence-corrected chi connectivity index (χ1v) is 8.45. The Morgan fingerprint density at radius 1 is 1.04 bits per heavy atom. The zero-order valence-corrected chi connectivity index (χ0v) is 14.8. The Hall–Kier alpha value is -2.89. The van der Waals surface area contributed by atoms with Crippen molar-refractivity contribution in [3.05, 3.63) is 76.4 Å². The molecular formula is C19H11Cl2N3O2. The van der Waals surface area contributed by atoms with Crippen LogP contribution in [0.4, 0.5) is 5.69 Å². The maximum absolute atomic E-state index is 12.5. The highest BCUT2D eigenvalue weighted by Crippen LogP contribution is 2.28. The smallest absolute Gasteiger partial charge is 0.257 e. The normalized spacial score (nSPS) is 10.8. The lowest BCUT2D eigenvalue weighted by Gasteiger charge is -2.08. The van der Waals surface area contributed by atoms with Crippen molar-refractivity contribution in [3.63, 3.8) is 0 Å². The number of anilines is 1. The molecule has 7 heteroatoms. The second-order valence-electron chi connectivity index (χ2n) is 5.48. The van der Waals surface area contributed by atoms with Gasteiger partial charge < -0.3 is 9.73 Å². The standard InChI is InChI=1S/C19H11Cl2N3O2/c20-14-7-2-6-13(16(14)21)18(25)23-12-5-1-4-11(10-12)19-24-17-15(26-19)8-3-9-22-17/h1-10H,(H,23,25). The zero-order valence-electron chi connectivity index (χ0n) is 13.2. The number of rotatable bonds is 3. The summed E-state index contributed by atoms with van der Waals surface area (Å²) in [5, 5.41) is 3.34. The van der Waals surface area contributed by atoms with Gasteiger partial charge in [0.1, 0.15) is 0 Å². The van der Waals surface area contributed by atoms with E-state index in [0.29, 0.717) is 33.4 Å². The first-order valence-electron chi connectivity index (χ1n) is 7.69. The molecule has 0 unspecified atom stereocenters. The Kier molecular flexibility index (Phi) is 4.32. The molecule has 0 saturated carbocycles. The largest absolute Gasteiger partial charge is 0.434 e. The van der Waals surface area contributed by atoms with E-state index < -0.39 is 0 Å². The van der Waals surface area contributed by atoms with Gasteiger partial charge in [0, 0.05) is 17.4 Å². The van der Waals surface area contributed by atoms with Crippen molar-refractivity contribution in [2.24, 2.45) is 0 Å². The van der Waals surface area contributed by atoms with Gasteiger partial charge in [-0.05, 0) is 42.5 Å². The molecule has 0 saturated heterocycles. The molecule has 0 atom stereocenters. The molecule has 2 aromatic heterocycles. The second kappa shape index (κ2) is 6.78. The van der Waals surface area contributed by atoms with Crippen molar-refractivity contribution >= 4 is 46.0 Å². The number of halogens is 2. The Balaban J connectivity index is 1.63. The number of fused-ring (bicyclic) bond motifs is 1. The Labute approximate surface area is 158 Å². The molecule has 4 rings (SSSR count). The van der Waals surface area contributed by atoms with Crippen molar-refractivity contribution in [2.75, 3.05) is 5.32 Å². The quantitative estimate of drug-likeness (QED) is 0.510. The summed E-state index contributed by atoms with van der Waals surface area (Å²) in [6, 6.07) is 15.7. The monoisotopic (exact) mass is 383 g/mol. The molecule has 128 valence electrons. The maximum atomic E-state index is 12.5. The number of pyridine rings is 1. The van der Waals surface area contributed by atoms with Crippen LogP contribution in [0.25, 0.3) is 22.7 Å². The van der Waals surface area contributed by atoms with E-state index in [1.165, 1.54) is 0 Å². The number of nitrogens with one attached hydrogen (secondary N) is 1. The lowest BCUT2D eigenvalue weighted by atomic mass is 10.1. The molecule has 1 N–H and O–H groups in total. The first kappa shape index (κ1) is 16.6. The highest BCUT2D eigenvalue weighted by molar-refractivity contribution is 6.44. The van der Waals surface area contributed by atoms with Crippen LogP contribution in [0, 0.1) is 0 Å². The van der Waals surface area contributed by atoms with Crippen molar-refractivity contribution in [2.45, 2.75) is 0 Å². The van der Waals surface area contributed by atoms with E-state index in [9.17, 15) is 4.79 Å². The van der Waals surface area contributed by atoms with Crippen molar-refractivity contribution in [3.8, 4) is 11.5 Å². The van der Waals surface area contributed by atoms with Crippen LogP contribution in [0.3, 0.4) is 0 Å². The van der Waals surface area contributed by atoms with Crippen LogP contribution in [0.5, 0.6) is 0 Å². The summed E-state index contributed by atoms with van der Waals surface area (Å²) in [6.45, 7) is 0. The topological polar surface area (TPSA) is 68.0 Å². The minimum Gasteiger partial charge on any atom is -0.434 e. The Morgan fingerprint density at radius 3 is 2.73 bits per heavy atom. The summed E-state index contributed by atoms with van der Waals surface area (Å²) in [4.78, 5) is 21.0. The van der Waals surface area contributed by atoms with E-state index in [-0.39, 0.29) is 10.9 Å². The summed E-state index contributed by atoms with van der Waals surface area (Å²) in [6.07, 6.45) is 1.65. The Morgan fingerprint density at radius 2 is 1.88 bits per heavy atom. The third-order valence-electron chi connectivity index (χ3n) is 3.73. The molecule has 1 amide bonds. The van der Waals surface area contributed by atoms with Gasteiger partial charge >= 0.3 is 0 Å². The molecular weight excluding hydrogens is 373 g/mol. The second-order valence-corrected chi connectivity index (χ2v) is 6.27. The van der Waals surface area contributed by atoms with E-state index in [4.69, 9.17) is 27.6 Å². The lowest BCUT2D eigenvalue weighted by Crippen LogP contribution is -2.12. The number of aromatic nitrogens is 2. The van der Waals surface area contributed by atoms with Gasteiger partial charge in [0.25, 0.3) is 5.91 Å². The van der Waals surface area contributed by atoms with E-state index >= 15 is 0 Å². The molecule has 0 fully saturated rings. The van der Waals surface area contributed by atoms with Gasteiger partial charge in [0.05, 0.1) is 15.6 Å². The van der Waals surface area contributed by atoms with Gasteiger partial charge in [0.2, 0.25) is 5.89 Å². The number of nitrogens with zero attached hydrogens (tertiary/aromatic N) is 2. The number of oxazole rings is 1. The minimum absolute atomic E-state index is 0.216. The van der Waals surface area contributed by atoms with E-state index in [2.05, 4.69) is 15.3 Å². The molecule has 2 heterocycles. The Bertz CT molecular complexity index is 1090. The van der Waals surface area contributed by atoms with Crippen LogP contribution in [-0.4, -0.2) is 15.9 Å². The molecule has 26 heavy (non-hydrogen) atoms. The highest BCUT2D eigenvalue weighted by atomic mass is 35.5. The van der Waals surface area contributed by atoms with Crippen LogP contribution >= 0.6 is 23.2 Å². The minimum atomic E-state index is -0.353. The number of amides is 1. The molecule has 0 radical (unpaired) electrons. The maximum Gasteiger partial charge on any atom is 0.257 e. The predicted octanol–water partition coefficient (Wildman–Crippen LogP) is 5.45. The van der Waals surface area contributed by atoms with E-state index in [1.54, 1.807) is 54.7 Å². The van der Waals surface area contributed by atoms with Crippen molar-refractivity contribution in [1.82, 2.24) is 9.97 Å². The molecule has 0 spiro atoms. The van der Waals surface area contributed by atoms with Crippen LogP contribution in [-0.2, 0) is 0 Å². The van der Waals surface area contributed by atoms with Crippen LogP contribution in [0.1, 0.15) is 10.4 Å². The summed E-state index contributed by atoms with van der Waals surface area (Å²) >= 11 is 12.1. The predicted molar refractivity (Wildman–Crippen MR) is 102 cm³/mol. The van der Waals surface area contributed by atoms with Crippen LogP contribution in [0.15, 0.2) is 65.2 Å². The number of carbonyl (C=O) groups is 1. The number of hydrogen-bond acceptors (Lipinski definition) is 4. The van der Waals surface area contributed by atoms with Gasteiger partial charge in [-0.2, -0.15) is 4.98 Å². The zero-order chi connectivity index (χ0) is 18.1. The highest BCUT2D eigenvalue weighted by Gasteiger charge is 2.14. The third kappa shape index (κ3) is 3.14. The van der Waals surface area contributed by atoms with Crippen LogP contribution < -0.4 is 5.32 Å². The molecule has 0 aliphatic heterocycles. The molecule has 2 aromatic carbocycles. The van der Waals surface area contributed by atoms with Crippen molar-refractivity contribution in [1.29, 1.82) is 0 Å². The van der Waals surface area contributed by atoms with Gasteiger partial charge in [0.15, 0.2) is 11.2 Å². The SMILES string of the molecule is O=C(Nc1cccc(-c2nc3ncccc3o2)c1)c1cccc(Cl)c1Cl. The van der Waals surface area contributed by atoms with Gasteiger partial charge in [-0.15, -0.1) is 0 Å². The molecule has 0 aliphatic rings. The average molecular weight is 384 g/mol. The fourth-order valence-electron chi connectivity index (χ4n) is 2.50. The molecule has 0 aliphatic carbocycles. The molecule has 4 aromatic rings.